The number of benzene rings is 1. The second kappa shape index (κ2) is 5.90. The average molecular weight is 273 g/mol. The second-order valence-corrected chi connectivity index (χ2v) is 5.40. The van der Waals surface area contributed by atoms with Gasteiger partial charge in [0.25, 0.3) is 0 Å². The Morgan fingerprint density at radius 2 is 1.90 bits per heavy atom. The molecule has 4 heteroatoms. The molecule has 2 N–H and O–H groups in total. The van der Waals surface area contributed by atoms with Gasteiger partial charge in [-0.25, -0.2) is 0 Å². The first-order chi connectivity index (χ1) is 9.49. The number of anilines is 1. The molecule has 0 radical (unpaired) electrons. The number of para-hydroxylation sites is 1. The lowest BCUT2D eigenvalue weighted by Crippen LogP contribution is -2.39. The molecule has 0 saturated carbocycles. The van der Waals surface area contributed by atoms with E-state index in [1.54, 1.807) is 12.1 Å². The summed E-state index contributed by atoms with van der Waals surface area (Å²) in [6.45, 7) is 3.79. The van der Waals surface area contributed by atoms with E-state index in [9.17, 15) is 14.7 Å². The summed E-state index contributed by atoms with van der Waals surface area (Å²) >= 11 is 0. The van der Waals surface area contributed by atoms with Gasteiger partial charge < -0.3 is 10.4 Å². The molecule has 1 amide bonds. The number of rotatable bonds is 3. The number of hydrogen-bond acceptors (Lipinski definition) is 2. The summed E-state index contributed by atoms with van der Waals surface area (Å²) in [6.07, 6.45) is 2.45. The van der Waals surface area contributed by atoms with Gasteiger partial charge in [0.05, 0.1) is 11.8 Å². The number of carbonyl (C=O) groups is 2. The van der Waals surface area contributed by atoms with Gasteiger partial charge in [0.1, 0.15) is 0 Å². The van der Waals surface area contributed by atoms with E-state index in [4.69, 9.17) is 0 Å². The van der Waals surface area contributed by atoms with Crippen LogP contribution in [0.15, 0.2) is 42.0 Å². The van der Waals surface area contributed by atoms with Crippen LogP contribution in [-0.4, -0.2) is 17.0 Å². The van der Waals surface area contributed by atoms with Gasteiger partial charge in [0.2, 0.25) is 5.91 Å². The van der Waals surface area contributed by atoms with E-state index < -0.39 is 17.8 Å². The van der Waals surface area contributed by atoms with Crippen molar-refractivity contribution in [3.05, 3.63) is 42.0 Å². The summed E-state index contributed by atoms with van der Waals surface area (Å²) in [5, 5.41) is 12.2. The van der Waals surface area contributed by atoms with E-state index in [0.29, 0.717) is 12.1 Å². The number of aliphatic carboxylic acids is 1. The first-order valence-electron chi connectivity index (χ1n) is 6.75. The summed E-state index contributed by atoms with van der Waals surface area (Å²) in [5.74, 6) is -2.44. The second-order valence-electron chi connectivity index (χ2n) is 5.40. The van der Waals surface area contributed by atoms with Crippen LogP contribution < -0.4 is 5.32 Å². The Kier molecular flexibility index (Phi) is 4.23. The highest BCUT2D eigenvalue weighted by atomic mass is 16.4. The molecule has 1 aliphatic rings. The van der Waals surface area contributed by atoms with Crippen molar-refractivity contribution >= 4 is 17.6 Å². The predicted octanol–water partition coefficient (Wildman–Crippen LogP) is 2.93. The summed E-state index contributed by atoms with van der Waals surface area (Å²) in [6, 6.07) is 9.12. The van der Waals surface area contributed by atoms with Crippen molar-refractivity contribution in [3.8, 4) is 0 Å². The molecule has 0 heterocycles. The summed E-state index contributed by atoms with van der Waals surface area (Å²) in [4.78, 5) is 23.8. The Hall–Kier alpha value is -2.10. The zero-order valence-electron chi connectivity index (χ0n) is 11.7. The van der Waals surface area contributed by atoms with E-state index in [-0.39, 0.29) is 11.8 Å². The molecule has 2 rings (SSSR count). The molecule has 106 valence electrons. The van der Waals surface area contributed by atoms with E-state index >= 15 is 0 Å². The standard InChI is InChI=1S/C16H19NO3/c1-10-8-11(2)14(16(19)20)13(9-10)15(18)17-12-6-4-3-5-7-12/h3-8,11,13-14H,9H2,1-2H3,(H,17,18)(H,19,20)/t11-,13+,14+/m0/s1. The number of nitrogens with one attached hydrogen (secondary N) is 1. The van der Waals surface area contributed by atoms with Gasteiger partial charge in [0, 0.05) is 5.69 Å². The minimum absolute atomic E-state index is 0.132. The molecule has 0 aromatic heterocycles. The molecule has 3 atom stereocenters. The number of carbonyl (C=O) groups excluding carboxylic acids is 1. The highest BCUT2D eigenvalue weighted by molar-refractivity contribution is 5.95. The third-order valence-corrected chi connectivity index (χ3v) is 3.75. The Morgan fingerprint density at radius 3 is 2.50 bits per heavy atom. The molecule has 0 aliphatic heterocycles. The third-order valence-electron chi connectivity index (χ3n) is 3.75. The molecule has 1 aliphatic carbocycles. The number of amides is 1. The maximum absolute atomic E-state index is 12.4. The van der Waals surface area contributed by atoms with Crippen LogP contribution in [0.5, 0.6) is 0 Å². The molecule has 0 spiro atoms. The largest absolute Gasteiger partial charge is 0.481 e. The average Bonchev–Trinajstić information content (AvgIpc) is 2.38. The molecule has 4 nitrogen and oxygen atoms in total. The highest BCUT2D eigenvalue weighted by Gasteiger charge is 2.39. The molecule has 0 saturated heterocycles. The van der Waals surface area contributed by atoms with E-state index in [1.165, 1.54) is 0 Å². The lowest BCUT2D eigenvalue weighted by atomic mass is 9.73. The molecule has 0 fully saturated rings. The van der Waals surface area contributed by atoms with Gasteiger partial charge in [-0.2, -0.15) is 0 Å². The summed E-state index contributed by atoms with van der Waals surface area (Å²) < 4.78 is 0. The first-order valence-corrected chi connectivity index (χ1v) is 6.75. The maximum Gasteiger partial charge on any atom is 0.307 e. The zero-order chi connectivity index (χ0) is 14.7. The van der Waals surface area contributed by atoms with Gasteiger partial charge in [-0.05, 0) is 31.4 Å². The van der Waals surface area contributed by atoms with Crippen molar-refractivity contribution in [1.82, 2.24) is 0 Å². The fourth-order valence-electron chi connectivity index (χ4n) is 2.87. The minimum atomic E-state index is -0.908. The van der Waals surface area contributed by atoms with Gasteiger partial charge in [-0.15, -0.1) is 0 Å². The lowest BCUT2D eigenvalue weighted by Gasteiger charge is -2.31. The molecule has 1 aromatic rings. The molecule has 0 bridgehead atoms. The van der Waals surface area contributed by atoms with Crippen LogP contribution in [0.1, 0.15) is 20.3 Å². The zero-order valence-corrected chi connectivity index (χ0v) is 11.7. The van der Waals surface area contributed by atoms with Crippen LogP contribution in [0.25, 0.3) is 0 Å². The van der Waals surface area contributed by atoms with Crippen LogP contribution >= 0.6 is 0 Å². The third kappa shape index (κ3) is 3.07. The highest BCUT2D eigenvalue weighted by Crippen LogP contribution is 2.34. The number of allylic oxidation sites excluding steroid dienone is 2. The van der Waals surface area contributed by atoms with Crippen molar-refractivity contribution in [3.63, 3.8) is 0 Å². The number of carboxylic acid groups (broad SMARTS) is 1. The number of carboxylic acids is 1. The normalized spacial score (nSPS) is 25.7. The first kappa shape index (κ1) is 14.3. The molecule has 0 unspecified atom stereocenters. The van der Waals surface area contributed by atoms with E-state index in [2.05, 4.69) is 5.32 Å². The lowest BCUT2D eigenvalue weighted by molar-refractivity contribution is -0.148. The maximum atomic E-state index is 12.4. The van der Waals surface area contributed by atoms with Crippen molar-refractivity contribution in [1.29, 1.82) is 0 Å². The van der Waals surface area contributed by atoms with Gasteiger partial charge in [-0.3, -0.25) is 9.59 Å². The fourth-order valence-corrected chi connectivity index (χ4v) is 2.87. The number of hydrogen-bond donors (Lipinski definition) is 2. The van der Waals surface area contributed by atoms with Crippen LogP contribution in [0.4, 0.5) is 5.69 Å². The van der Waals surface area contributed by atoms with Crippen LogP contribution in [0.3, 0.4) is 0 Å². The van der Waals surface area contributed by atoms with Gasteiger partial charge >= 0.3 is 5.97 Å². The van der Waals surface area contributed by atoms with Crippen molar-refractivity contribution in [2.75, 3.05) is 5.32 Å². The summed E-state index contributed by atoms with van der Waals surface area (Å²) in [5.41, 5.74) is 1.77. The molecule has 1 aromatic carbocycles. The van der Waals surface area contributed by atoms with Crippen molar-refractivity contribution in [2.45, 2.75) is 20.3 Å². The Balaban J connectivity index is 2.18. The van der Waals surface area contributed by atoms with Gasteiger partial charge in [-0.1, -0.05) is 36.8 Å². The molecular formula is C16H19NO3. The summed E-state index contributed by atoms with van der Waals surface area (Å²) in [7, 11) is 0. The Morgan fingerprint density at radius 1 is 1.25 bits per heavy atom. The topological polar surface area (TPSA) is 66.4 Å². The Labute approximate surface area is 118 Å². The monoisotopic (exact) mass is 273 g/mol. The van der Waals surface area contributed by atoms with Crippen molar-refractivity contribution in [2.24, 2.45) is 17.8 Å². The molecule has 20 heavy (non-hydrogen) atoms. The molecular weight excluding hydrogens is 254 g/mol. The van der Waals surface area contributed by atoms with Crippen LogP contribution in [-0.2, 0) is 9.59 Å². The SMILES string of the molecule is CC1=C[C@H](C)[C@@H](C(=O)O)[C@H](C(=O)Nc2ccccc2)C1. The Bertz CT molecular complexity index is 536. The quantitative estimate of drug-likeness (QED) is 0.832. The van der Waals surface area contributed by atoms with Gasteiger partial charge in [0.15, 0.2) is 0 Å². The fraction of sp³-hybridized carbons (Fsp3) is 0.375. The van der Waals surface area contributed by atoms with Crippen LogP contribution in [0.2, 0.25) is 0 Å². The smallest absolute Gasteiger partial charge is 0.307 e. The van der Waals surface area contributed by atoms with Crippen LogP contribution in [0, 0.1) is 17.8 Å². The van der Waals surface area contributed by atoms with Crippen molar-refractivity contribution < 1.29 is 14.7 Å². The predicted molar refractivity (Wildman–Crippen MR) is 77.2 cm³/mol. The van der Waals surface area contributed by atoms with E-state index in [0.717, 1.165) is 5.57 Å². The van der Waals surface area contributed by atoms with E-state index in [1.807, 2.05) is 38.1 Å². The minimum Gasteiger partial charge on any atom is -0.481 e.